The Morgan fingerprint density at radius 3 is 1.27 bits per heavy atom. The summed E-state index contributed by atoms with van der Waals surface area (Å²) >= 11 is 7.23. The molecule has 0 heterocycles. The van der Waals surface area contributed by atoms with Gasteiger partial charge in [0.05, 0.1) is 0 Å². The van der Waals surface area contributed by atoms with Crippen LogP contribution in [0.4, 0.5) is 0 Å². The minimum absolute atomic E-state index is 1.12. The van der Waals surface area contributed by atoms with Gasteiger partial charge in [0.2, 0.25) is 0 Å². The highest BCUT2D eigenvalue weighted by Gasteiger charge is 2.10. The van der Waals surface area contributed by atoms with Gasteiger partial charge in [0.25, 0.3) is 0 Å². The van der Waals surface area contributed by atoms with Gasteiger partial charge < -0.3 is 0 Å². The summed E-state index contributed by atoms with van der Waals surface area (Å²) < 4.78 is 2.25. The monoisotopic (exact) mass is 412 g/mol. The molecule has 0 aliphatic rings. The van der Waals surface area contributed by atoms with E-state index in [2.05, 4.69) is 94.2 Å². The Morgan fingerprint density at radius 1 is 0.500 bits per heavy atom. The molecule has 2 heteroatoms. The minimum Gasteiger partial charge on any atom is -0.0530 e. The number of rotatable bonds is 0. The molecule has 0 fully saturated rings. The molecule has 4 aromatic carbocycles. The summed E-state index contributed by atoms with van der Waals surface area (Å²) in [6, 6.07) is 17.7. The molecule has 0 N–H and O–H groups in total. The van der Waals surface area contributed by atoms with Crippen molar-refractivity contribution in [1.82, 2.24) is 0 Å². The summed E-state index contributed by atoms with van der Waals surface area (Å²) in [6.07, 6.45) is 0. The van der Waals surface area contributed by atoms with Gasteiger partial charge >= 0.3 is 0 Å². The van der Waals surface area contributed by atoms with Crippen LogP contribution < -0.4 is 0 Å². The van der Waals surface area contributed by atoms with Gasteiger partial charge in [-0.25, -0.2) is 0 Å². The van der Waals surface area contributed by atoms with Gasteiger partial charge in [0, 0.05) is 8.95 Å². The average molecular weight is 414 g/mol. The Bertz CT molecular complexity index is 975. The second-order valence-electron chi connectivity index (χ2n) is 5.86. The molecule has 0 unspecified atom stereocenters. The van der Waals surface area contributed by atoms with Crippen molar-refractivity contribution in [2.45, 2.75) is 13.8 Å². The molecule has 4 aromatic rings. The first-order valence-corrected chi connectivity index (χ1v) is 8.84. The van der Waals surface area contributed by atoms with Crippen molar-refractivity contribution in [3.63, 3.8) is 0 Å². The number of hydrogen-bond acceptors (Lipinski definition) is 0. The fraction of sp³-hybridized carbons (Fsp3) is 0.100. The summed E-state index contributed by atoms with van der Waals surface area (Å²) in [5.41, 5.74) is 2.64. The molecule has 0 aliphatic carbocycles. The van der Waals surface area contributed by atoms with Crippen LogP contribution >= 0.6 is 31.9 Å². The van der Waals surface area contributed by atoms with Crippen molar-refractivity contribution in [2.24, 2.45) is 0 Å². The Labute approximate surface area is 146 Å². The fourth-order valence-corrected chi connectivity index (χ4v) is 4.08. The van der Waals surface area contributed by atoms with Gasteiger partial charge in [0.1, 0.15) is 0 Å². The second kappa shape index (κ2) is 5.07. The quantitative estimate of drug-likeness (QED) is 0.265. The van der Waals surface area contributed by atoms with E-state index in [0.29, 0.717) is 0 Å². The first-order valence-electron chi connectivity index (χ1n) is 7.26. The Morgan fingerprint density at radius 2 is 0.864 bits per heavy atom. The van der Waals surface area contributed by atoms with Gasteiger partial charge in [0.15, 0.2) is 0 Å². The zero-order valence-corrected chi connectivity index (χ0v) is 15.5. The van der Waals surface area contributed by atoms with Crippen molar-refractivity contribution in [3.05, 3.63) is 68.6 Å². The van der Waals surface area contributed by atoms with Gasteiger partial charge in [-0.2, -0.15) is 0 Å². The molecule has 0 spiro atoms. The average Bonchev–Trinajstić information content (AvgIpc) is 2.48. The van der Waals surface area contributed by atoms with E-state index in [4.69, 9.17) is 0 Å². The van der Waals surface area contributed by atoms with E-state index in [0.717, 1.165) is 8.95 Å². The Kier molecular flexibility index (Phi) is 3.28. The topological polar surface area (TPSA) is 0 Å². The number of halogens is 2. The first-order chi connectivity index (χ1) is 10.5. The first kappa shape index (κ1) is 14.2. The van der Waals surface area contributed by atoms with Crippen LogP contribution in [0.5, 0.6) is 0 Å². The highest BCUT2D eigenvalue weighted by Crippen LogP contribution is 2.37. The maximum Gasteiger partial charge on any atom is 0.0181 e. The highest BCUT2D eigenvalue weighted by molar-refractivity contribution is 9.10. The van der Waals surface area contributed by atoms with Crippen LogP contribution in [0.2, 0.25) is 0 Å². The third-order valence-electron chi connectivity index (χ3n) is 4.41. The third kappa shape index (κ3) is 2.09. The summed E-state index contributed by atoms with van der Waals surface area (Å²) in [5.74, 6) is 0. The zero-order valence-electron chi connectivity index (χ0n) is 12.4. The van der Waals surface area contributed by atoms with Crippen LogP contribution in [0.1, 0.15) is 11.1 Å². The predicted molar refractivity (Wildman–Crippen MR) is 104 cm³/mol. The van der Waals surface area contributed by atoms with E-state index >= 15 is 0 Å². The molecule has 0 saturated carbocycles. The highest BCUT2D eigenvalue weighted by atomic mass is 79.9. The lowest BCUT2D eigenvalue weighted by atomic mass is 9.92. The molecule has 0 amide bonds. The fourth-order valence-electron chi connectivity index (χ4n) is 3.36. The van der Waals surface area contributed by atoms with Gasteiger partial charge in [-0.3, -0.25) is 0 Å². The van der Waals surface area contributed by atoms with Crippen LogP contribution in [0.25, 0.3) is 32.3 Å². The Balaban J connectivity index is 2.34. The maximum atomic E-state index is 3.62. The summed E-state index contributed by atoms with van der Waals surface area (Å²) in [6.45, 7) is 4.39. The molecule has 108 valence electrons. The number of fused-ring (bicyclic) bond motifs is 5. The SMILES string of the molecule is Cc1cc2c3cc(Br)ccc3c(C)cc2c2cc(Br)ccc12. The molecule has 0 bridgehead atoms. The van der Waals surface area contributed by atoms with Gasteiger partial charge in [-0.15, -0.1) is 0 Å². The van der Waals surface area contributed by atoms with Crippen LogP contribution in [0.15, 0.2) is 57.5 Å². The van der Waals surface area contributed by atoms with E-state index in [1.165, 1.54) is 43.4 Å². The zero-order chi connectivity index (χ0) is 15.4. The third-order valence-corrected chi connectivity index (χ3v) is 5.39. The van der Waals surface area contributed by atoms with Crippen molar-refractivity contribution in [2.75, 3.05) is 0 Å². The van der Waals surface area contributed by atoms with Crippen LogP contribution in [0.3, 0.4) is 0 Å². The normalized spacial score (nSPS) is 11.6. The number of aryl methyl sites for hydroxylation is 2. The lowest BCUT2D eigenvalue weighted by molar-refractivity contribution is 1.53. The summed E-state index contributed by atoms with van der Waals surface area (Å²) in [4.78, 5) is 0. The van der Waals surface area contributed by atoms with E-state index in [-0.39, 0.29) is 0 Å². The van der Waals surface area contributed by atoms with Crippen LogP contribution in [-0.4, -0.2) is 0 Å². The van der Waals surface area contributed by atoms with Crippen molar-refractivity contribution in [3.8, 4) is 0 Å². The largest absolute Gasteiger partial charge is 0.0530 e. The van der Waals surface area contributed by atoms with Crippen molar-refractivity contribution >= 4 is 64.2 Å². The molecular formula is C20H14Br2. The minimum atomic E-state index is 1.12. The molecule has 22 heavy (non-hydrogen) atoms. The van der Waals surface area contributed by atoms with Gasteiger partial charge in [-0.05, 0) is 81.6 Å². The predicted octanol–water partition coefficient (Wildman–Crippen LogP) is 7.29. The number of benzene rings is 4. The van der Waals surface area contributed by atoms with Crippen LogP contribution in [-0.2, 0) is 0 Å². The summed E-state index contributed by atoms with van der Waals surface area (Å²) in [5, 5.41) is 7.92. The molecule has 0 radical (unpaired) electrons. The lowest BCUT2D eigenvalue weighted by Crippen LogP contribution is -1.87. The Hall–Kier alpha value is -1.38. The van der Waals surface area contributed by atoms with Crippen molar-refractivity contribution < 1.29 is 0 Å². The van der Waals surface area contributed by atoms with E-state index in [9.17, 15) is 0 Å². The molecule has 0 atom stereocenters. The van der Waals surface area contributed by atoms with Gasteiger partial charge in [-0.1, -0.05) is 56.1 Å². The molecular weight excluding hydrogens is 400 g/mol. The summed E-state index contributed by atoms with van der Waals surface area (Å²) in [7, 11) is 0. The molecule has 0 saturated heterocycles. The molecule has 0 nitrogen and oxygen atoms in total. The molecule has 0 aliphatic heterocycles. The lowest BCUT2D eigenvalue weighted by Gasteiger charge is -2.13. The second-order valence-corrected chi connectivity index (χ2v) is 7.69. The molecule has 4 rings (SSSR count). The number of hydrogen-bond donors (Lipinski definition) is 0. The standard InChI is InChI=1S/C20H14Br2/c1-11-7-17-18(19-9-13(21)3-5-15(11)19)8-12(2)16-6-4-14(22)10-20(16)17/h3-10H,1-2H3. The maximum absolute atomic E-state index is 3.62. The molecule has 0 aromatic heterocycles. The smallest absolute Gasteiger partial charge is 0.0181 e. The van der Waals surface area contributed by atoms with E-state index < -0.39 is 0 Å². The van der Waals surface area contributed by atoms with Crippen molar-refractivity contribution in [1.29, 1.82) is 0 Å². The van der Waals surface area contributed by atoms with Crippen LogP contribution in [0, 0.1) is 13.8 Å². The van der Waals surface area contributed by atoms with E-state index in [1.54, 1.807) is 0 Å². The van der Waals surface area contributed by atoms with E-state index in [1.807, 2.05) is 0 Å².